The molecular weight excluding hydrogens is 399 g/mol. The summed E-state index contributed by atoms with van der Waals surface area (Å²) in [5.41, 5.74) is 4.18. The van der Waals surface area contributed by atoms with E-state index in [1.54, 1.807) is 18.2 Å². The Morgan fingerprint density at radius 1 is 1.00 bits per heavy atom. The Kier molecular flexibility index (Phi) is 9.80. The highest BCUT2D eigenvalue weighted by molar-refractivity contribution is 6.07. The number of fused-ring (bicyclic) bond motifs is 1. The molecule has 0 spiro atoms. The number of carbonyl (C=O) groups is 1. The maximum Gasteiger partial charge on any atom is 0.307 e. The monoisotopic (exact) mass is 430 g/mol. The number of halogens is 1. The van der Waals surface area contributed by atoms with Crippen LogP contribution in [0.2, 0.25) is 0 Å². The summed E-state index contributed by atoms with van der Waals surface area (Å²) in [5.74, 6) is -0.987. The molecule has 168 valence electrons. The first-order chi connectivity index (χ1) is 14.8. The van der Waals surface area contributed by atoms with Gasteiger partial charge in [0.25, 0.3) is 0 Å². The maximum absolute atomic E-state index is 13.7. The minimum Gasteiger partial charge on any atom is -0.502 e. The van der Waals surface area contributed by atoms with Crippen LogP contribution in [0.1, 0.15) is 57.7 Å². The van der Waals surface area contributed by atoms with Crippen LogP contribution >= 0.6 is 0 Å². The summed E-state index contributed by atoms with van der Waals surface area (Å²) in [5, 5.41) is 19.3. The first-order valence-corrected chi connectivity index (χ1v) is 10.2. The van der Waals surface area contributed by atoms with Crippen LogP contribution in [0.25, 0.3) is 17.2 Å². The third kappa shape index (κ3) is 5.66. The van der Waals surface area contributed by atoms with Gasteiger partial charge in [0.15, 0.2) is 11.5 Å². The van der Waals surface area contributed by atoms with E-state index in [4.69, 9.17) is 9.47 Å². The van der Waals surface area contributed by atoms with Crippen LogP contribution in [0, 0.1) is 5.82 Å². The van der Waals surface area contributed by atoms with Crippen LogP contribution in [-0.4, -0.2) is 30.4 Å². The number of methoxy groups -OCH3 is 2. The zero-order valence-corrected chi connectivity index (χ0v) is 19.2. The van der Waals surface area contributed by atoms with Crippen molar-refractivity contribution in [3.05, 3.63) is 58.4 Å². The molecule has 2 aromatic rings. The molecule has 31 heavy (non-hydrogen) atoms. The fourth-order valence-corrected chi connectivity index (χ4v) is 3.30. The maximum atomic E-state index is 13.7. The van der Waals surface area contributed by atoms with Crippen molar-refractivity contribution in [2.24, 2.45) is 0 Å². The van der Waals surface area contributed by atoms with E-state index in [-0.39, 0.29) is 23.7 Å². The fraction of sp³-hybridized carbons (Fsp3) is 0.320. The second-order valence-corrected chi connectivity index (χ2v) is 6.20. The SMILES string of the molecule is CC.CC.COc1cc(/C=C2/C(C)=C(CC(=O)O)c3cc(F)ccc32)cc(OC)c1O. The quantitative estimate of drug-likeness (QED) is 0.574. The van der Waals surface area contributed by atoms with E-state index < -0.39 is 11.8 Å². The third-order valence-electron chi connectivity index (χ3n) is 4.59. The summed E-state index contributed by atoms with van der Waals surface area (Å²) in [7, 11) is 2.88. The summed E-state index contributed by atoms with van der Waals surface area (Å²) >= 11 is 0. The molecule has 6 heteroatoms. The molecule has 0 aliphatic heterocycles. The Morgan fingerprint density at radius 2 is 1.55 bits per heavy atom. The van der Waals surface area contributed by atoms with Gasteiger partial charge < -0.3 is 19.7 Å². The molecule has 0 unspecified atom stereocenters. The number of hydrogen-bond acceptors (Lipinski definition) is 4. The minimum atomic E-state index is -0.978. The van der Waals surface area contributed by atoms with E-state index in [1.807, 2.05) is 40.7 Å². The largest absolute Gasteiger partial charge is 0.502 e. The van der Waals surface area contributed by atoms with Gasteiger partial charge in [-0.3, -0.25) is 4.79 Å². The Bertz CT molecular complexity index is 964. The first kappa shape index (κ1) is 25.8. The van der Waals surface area contributed by atoms with Gasteiger partial charge in [0, 0.05) is 0 Å². The van der Waals surface area contributed by atoms with Crippen molar-refractivity contribution in [2.75, 3.05) is 14.2 Å². The highest BCUT2D eigenvalue weighted by atomic mass is 19.1. The Labute approximate surface area is 183 Å². The molecule has 0 radical (unpaired) electrons. The number of hydrogen-bond donors (Lipinski definition) is 2. The van der Waals surface area contributed by atoms with Crippen molar-refractivity contribution in [2.45, 2.75) is 41.0 Å². The number of aromatic hydroxyl groups is 1. The molecule has 1 aliphatic carbocycles. The predicted octanol–water partition coefficient (Wildman–Crippen LogP) is 6.40. The number of benzene rings is 2. The molecule has 0 aromatic heterocycles. The Hall–Kier alpha value is -3.28. The number of carboxylic acid groups (broad SMARTS) is 1. The third-order valence-corrected chi connectivity index (χ3v) is 4.59. The van der Waals surface area contributed by atoms with Crippen LogP contribution in [0.3, 0.4) is 0 Å². The molecule has 3 rings (SSSR count). The van der Waals surface area contributed by atoms with Crippen molar-refractivity contribution in [1.82, 2.24) is 0 Å². The fourth-order valence-electron chi connectivity index (χ4n) is 3.30. The second-order valence-electron chi connectivity index (χ2n) is 6.20. The van der Waals surface area contributed by atoms with Gasteiger partial charge in [-0.2, -0.15) is 0 Å². The van der Waals surface area contributed by atoms with Crippen molar-refractivity contribution < 1.29 is 28.9 Å². The van der Waals surface area contributed by atoms with E-state index in [2.05, 4.69) is 0 Å². The van der Waals surface area contributed by atoms with E-state index in [0.29, 0.717) is 16.7 Å². The zero-order chi connectivity index (χ0) is 23.7. The van der Waals surface area contributed by atoms with Crippen LogP contribution in [0.15, 0.2) is 35.9 Å². The van der Waals surface area contributed by atoms with E-state index in [1.165, 1.54) is 26.4 Å². The summed E-state index contributed by atoms with van der Waals surface area (Å²) in [6, 6.07) is 7.65. The first-order valence-electron chi connectivity index (χ1n) is 10.2. The molecule has 1 aliphatic rings. The summed E-state index contributed by atoms with van der Waals surface area (Å²) in [4.78, 5) is 11.3. The van der Waals surface area contributed by atoms with Gasteiger partial charge in [0.2, 0.25) is 5.75 Å². The zero-order valence-electron chi connectivity index (χ0n) is 19.2. The molecule has 2 N–H and O–H groups in total. The molecule has 0 amide bonds. The average Bonchev–Trinajstić information content (AvgIpc) is 3.02. The molecule has 5 nitrogen and oxygen atoms in total. The normalized spacial score (nSPS) is 13.0. The van der Waals surface area contributed by atoms with Gasteiger partial charge in [-0.15, -0.1) is 0 Å². The Morgan fingerprint density at radius 3 is 2.03 bits per heavy atom. The van der Waals surface area contributed by atoms with Crippen molar-refractivity contribution in [3.63, 3.8) is 0 Å². The topological polar surface area (TPSA) is 76.0 Å². The van der Waals surface area contributed by atoms with E-state index in [0.717, 1.165) is 16.7 Å². The molecule has 0 saturated carbocycles. The van der Waals surface area contributed by atoms with Crippen LogP contribution in [0.5, 0.6) is 17.2 Å². The van der Waals surface area contributed by atoms with Gasteiger partial charge in [0.05, 0.1) is 20.6 Å². The molecule has 2 aromatic carbocycles. The number of phenolic OH excluding ortho intramolecular Hbond substituents is 1. The molecule has 0 atom stereocenters. The number of rotatable bonds is 5. The lowest BCUT2D eigenvalue weighted by atomic mass is 10.00. The number of allylic oxidation sites excluding steroid dienone is 2. The highest BCUT2D eigenvalue weighted by Gasteiger charge is 2.26. The smallest absolute Gasteiger partial charge is 0.307 e. The van der Waals surface area contributed by atoms with Crippen molar-refractivity contribution in [3.8, 4) is 17.2 Å². The number of aliphatic carboxylic acids is 1. The van der Waals surface area contributed by atoms with Gasteiger partial charge >= 0.3 is 5.97 Å². The minimum absolute atomic E-state index is 0.102. The molecular formula is C25H31FO5. The Balaban J connectivity index is 0.00000113. The molecule has 0 fully saturated rings. The van der Waals surface area contributed by atoms with Gasteiger partial charge in [-0.05, 0) is 70.7 Å². The van der Waals surface area contributed by atoms with Crippen LogP contribution in [0.4, 0.5) is 4.39 Å². The van der Waals surface area contributed by atoms with Crippen LogP contribution in [-0.2, 0) is 4.79 Å². The van der Waals surface area contributed by atoms with Crippen molar-refractivity contribution >= 4 is 23.2 Å². The highest BCUT2D eigenvalue weighted by Crippen LogP contribution is 2.45. The standard InChI is InChI=1S/C21H19FO5.2C2H6/c1-11-15(6-12-7-18(26-2)21(25)19(8-12)27-3)14-5-4-13(22)9-17(14)16(11)10-20(23)24;2*1-2/h4-9,25H,10H2,1-3H3,(H,23,24);2*1-2H3/b15-6-;;. The van der Waals surface area contributed by atoms with E-state index >= 15 is 0 Å². The van der Waals surface area contributed by atoms with Gasteiger partial charge in [0.1, 0.15) is 5.82 Å². The van der Waals surface area contributed by atoms with Gasteiger partial charge in [-0.1, -0.05) is 33.8 Å². The molecule has 0 bridgehead atoms. The average molecular weight is 431 g/mol. The lowest BCUT2D eigenvalue weighted by Crippen LogP contribution is -1.97. The number of phenols is 1. The number of ether oxygens (including phenoxy) is 2. The molecule has 0 heterocycles. The predicted molar refractivity (Wildman–Crippen MR) is 123 cm³/mol. The summed E-state index contributed by atoms with van der Waals surface area (Å²) in [6.45, 7) is 9.82. The van der Waals surface area contributed by atoms with Crippen molar-refractivity contribution in [1.29, 1.82) is 0 Å². The second kappa shape index (κ2) is 11.8. The van der Waals surface area contributed by atoms with Crippen LogP contribution < -0.4 is 9.47 Å². The van der Waals surface area contributed by atoms with E-state index in [9.17, 15) is 19.4 Å². The van der Waals surface area contributed by atoms with Gasteiger partial charge in [-0.25, -0.2) is 4.39 Å². The lowest BCUT2D eigenvalue weighted by molar-refractivity contribution is -0.135. The molecule has 0 saturated heterocycles. The number of carboxylic acids is 1. The lowest BCUT2D eigenvalue weighted by Gasteiger charge is -2.11. The summed E-state index contributed by atoms with van der Waals surface area (Å²) in [6.07, 6.45) is 1.65. The summed E-state index contributed by atoms with van der Waals surface area (Å²) < 4.78 is 24.1.